The van der Waals surface area contributed by atoms with Crippen LogP contribution in [0, 0.1) is 0 Å². The van der Waals surface area contributed by atoms with Crippen molar-refractivity contribution in [1.29, 1.82) is 0 Å². The molecule has 0 fully saturated rings. The van der Waals surface area contributed by atoms with Crippen molar-refractivity contribution in [2.24, 2.45) is 0 Å². The van der Waals surface area contributed by atoms with Gasteiger partial charge in [0.15, 0.2) is 5.82 Å². The quantitative estimate of drug-likeness (QED) is 0.197. The van der Waals surface area contributed by atoms with Crippen LogP contribution in [0.25, 0.3) is 67.3 Å². The molecule has 7 aromatic rings. The first-order valence-electron chi connectivity index (χ1n) is 16.8. The molecule has 2 aliphatic rings. The minimum absolute atomic E-state index is 0.0318. The van der Waals surface area contributed by atoms with Gasteiger partial charge in [-0.2, -0.15) is 0 Å². The Hall–Kier alpha value is -5.60. The van der Waals surface area contributed by atoms with E-state index in [1.54, 1.807) is 0 Å². The van der Waals surface area contributed by atoms with Gasteiger partial charge in [0.1, 0.15) is 0 Å². The van der Waals surface area contributed by atoms with Crippen LogP contribution >= 0.6 is 0 Å². The molecule has 0 radical (unpaired) electrons. The minimum atomic E-state index is -0.178. The molecule has 0 unspecified atom stereocenters. The maximum Gasteiger partial charge on any atom is 0.161 e. The standard InChI is InChI=1S/C46H36N2/c1-45(2)37-20-12-11-18-33(37)34-24-22-31(26-39(34)45)32-23-25-35-40(27-32)46(3,4)38-21-13-19-36(43(35)38)44-47-41(29-14-7-5-8-15-29)28-42(48-44)30-16-9-6-10-17-30/h5-28H,1-4H3. The number of benzene rings is 6. The van der Waals surface area contributed by atoms with Crippen LogP contribution < -0.4 is 0 Å². The Morgan fingerprint density at radius 2 is 0.833 bits per heavy atom. The fraction of sp³-hybridized carbons (Fsp3) is 0.130. The predicted octanol–water partition coefficient (Wildman–Crippen LogP) is 11.8. The SMILES string of the molecule is CC1(C)c2ccccc2-c2ccc(-c3ccc4c(c3)C(C)(C)c3cccc(-c5nc(-c6ccccc6)cc(-c6ccccc6)n5)c3-4)cc21. The lowest BCUT2D eigenvalue weighted by Gasteiger charge is -2.23. The summed E-state index contributed by atoms with van der Waals surface area (Å²) in [5.41, 5.74) is 18.0. The van der Waals surface area contributed by atoms with Crippen molar-refractivity contribution < 1.29 is 0 Å². The molecular weight excluding hydrogens is 581 g/mol. The van der Waals surface area contributed by atoms with Gasteiger partial charge in [0.2, 0.25) is 0 Å². The minimum Gasteiger partial charge on any atom is -0.228 e. The highest BCUT2D eigenvalue weighted by Crippen LogP contribution is 2.54. The normalized spacial score (nSPS) is 14.6. The van der Waals surface area contributed by atoms with Crippen molar-refractivity contribution in [1.82, 2.24) is 9.97 Å². The Labute approximate surface area is 282 Å². The Morgan fingerprint density at radius 1 is 0.354 bits per heavy atom. The number of aromatic nitrogens is 2. The summed E-state index contributed by atoms with van der Waals surface area (Å²) in [6.45, 7) is 9.40. The van der Waals surface area contributed by atoms with Crippen LogP contribution in [0.5, 0.6) is 0 Å². The zero-order chi connectivity index (χ0) is 32.6. The molecule has 1 aromatic heterocycles. The molecule has 0 atom stereocenters. The van der Waals surface area contributed by atoms with Crippen LogP contribution in [-0.4, -0.2) is 9.97 Å². The van der Waals surface area contributed by atoms with E-state index in [0.717, 1.165) is 33.9 Å². The van der Waals surface area contributed by atoms with E-state index in [-0.39, 0.29) is 10.8 Å². The summed E-state index contributed by atoms with van der Waals surface area (Å²) in [6, 6.07) is 52.5. The first-order chi connectivity index (χ1) is 23.3. The second kappa shape index (κ2) is 10.5. The first kappa shape index (κ1) is 28.6. The van der Waals surface area contributed by atoms with Crippen LogP contribution in [0.4, 0.5) is 0 Å². The molecule has 0 saturated carbocycles. The van der Waals surface area contributed by atoms with Gasteiger partial charge in [-0.3, -0.25) is 0 Å². The number of rotatable bonds is 4. The van der Waals surface area contributed by atoms with Gasteiger partial charge >= 0.3 is 0 Å². The van der Waals surface area contributed by atoms with Crippen molar-refractivity contribution >= 4 is 0 Å². The Bertz CT molecular complexity index is 2330. The van der Waals surface area contributed by atoms with E-state index in [4.69, 9.17) is 9.97 Å². The van der Waals surface area contributed by atoms with E-state index in [1.165, 1.54) is 55.6 Å². The number of fused-ring (bicyclic) bond motifs is 6. The van der Waals surface area contributed by atoms with Gasteiger partial charge in [0.05, 0.1) is 11.4 Å². The second-order valence-corrected chi connectivity index (χ2v) is 14.2. The third-order valence-electron chi connectivity index (χ3n) is 10.7. The summed E-state index contributed by atoms with van der Waals surface area (Å²) in [5.74, 6) is 0.750. The Balaban J connectivity index is 1.19. The fourth-order valence-electron chi connectivity index (χ4n) is 8.12. The van der Waals surface area contributed by atoms with Crippen LogP contribution in [0.2, 0.25) is 0 Å². The molecule has 0 amide bonds. The van der Waals surface area contributed by atoms with Crippen LogP contribution in [0.3, 0.4) is 0 Å². The molecule has 0 bridgehead atoms. The zero-order valence-corrected chi connectivity index (χ0v) is 27.8. The molecule has 230 valence electrons. The molecule has 1 heterocycles. The molecule has 2 aliphatic carbocycles. The molecule has 2 heteroatoms. The highest BCUT2D eigenvalue weighted by molar-refractivity contribution is 5.93. The molecule has 0 spiro atoms. The monoisotopic (exact) mass is 616 g/mol. The lowest BCUT2D eigenvalue weighted by atomic mass is 9.80. The maximum absolute atomic E-state index is 5.22. The smallest absolute Gasteiger partial charge is 0.161 e. The van der Waals surface area contributed by atoms with Gasteiger partial charge in [-0.1, -0.05) is 155 Å². The third kappa shape index (κ3) is 4.26. The molecule has 6 aromatic carbocycles. The molecule has 0 N–H and O–H groups in total. The number of hydrogen-bond donors (Lipinski definition) is 0. The summed E-state index contributed by atoms with van der Waals surface area (Å²) in [5, 5.41) is 0. The number of hydrogen-bond acceptors (Lipinski definition) is 2. The van der Waals surface area contributed by atoms with Gasteiger partial charge in [0.25, 0.3) is 0 Å². The molecule has 9 rings (SSSR count). The Kier molecular flexibility index (Phi) is 6.23. The molecule has 2 nitrogen and oxygen atoms in total. The first-order valence-corrected chi connectivity index (χ1v) is 16.8. The fourth-order valence-corrected chi connectivity index (χ4v) is 8.12. The van der Waals surface area contributed by atoms with E-state index in [1.807, 2.05) is 12.1 Å². The molecule has 0 aliphatic heterocycles. The summed E-state index contributed by atoms with van der Waals surface area (Å²) < 4.78 is 0. The topological polar surface area (TPSA) is 25.8 Å². The second-order valence-electron chi connectivity index (χ2n) is 14.2. The van der Waals surface area contributed by atoms with Crippen molar-refractivity contribution in [2.45, 2.75) is 38.5 Å². The van der Waals surface area contributed by atoms with Crippen molar-refractivity contribution in [3.05, 3.63) is 168 Å². The molecule has 0 saturated heterocycles. The molecule has 48 heavy (non-hydrogen) atoms. The van der Waals surface area contributed by atoms with Crippen LogP contribution in [0.1, 0.15) is 49.9 Å². The van der Waals surface area contributed by atoms with E-state index in [2.05, 4.69) is 161 Å². The van der Waals surface area contributed by atoms with Crippen molar-refractivity contribution in [3.8, 4) is 67.3 Å². The van der Waals surface area contributed by atoms with E-state index in [9.17, 15) is 0 Å². The average Bonchev–Trinajstić information content (AvgIpc) is 3.51. The summed E-state index contributed by atoms with van der Waals surface area (Å²) in [6.07, 6.45) is 0. The van der Waals surface area contributed by atoms with Crippen LogP contribution in [-0.2, 0) is 10.8 Å². The summed E-state index contributed by atoms with van der Waals surface area (Å²) in [7, 11) is 0. The van der Waals surface area contributed by atoms with E-state index >= 15 is 0 Å². The largest absolute Gasteiger partial charge is 0.228 e. The lowest BCUT2D eigenvalue weighted by molar-refractivity contribution is 0.659. The number of nitrogens with zero attached hydrogens (tertiary/aromatic N) is 2. The third-order valence-corrected chi connectivity index (χ3v) is 10.7. The highest BCUT2D eigenvalue weighted by atomic mass is 14.9. The highest BCUT2D eigenvalue weighted by Gasteiger charge is 2.38. The summed E-state index contributed by atoms with van der Waals surface area (Å²) >= 11 is 0. The van der Waals surface area contributed by atoms with Gasteiger partial charge in [-0.05, 0) is 73.8 Å². The van der Waals surface area contributed by atoms with Gasteiger partial charge in [0, 0.05) is 27.5 Å². The van der Waals surface area contributed by atoms with Gasteiger partial charge in [-0.15, -0.1) is 0 Å². The van der Waals surface area contributed by atoms with Crippen LogP contribution in [0.15, 0.2) is 146 Å². The van der Waals surface area contributed by atoms with E-state index < -0.39 is 0 Å². The lowest BCUT2D eigenvalue weighted by Crippen LogP contribution is -2.15. The summed E-state index contributed by atoms with van der Waals surface area (Å²) in [4.78, 5) is 10.4. The Morgan fingerprint density at radius 3 is 1.48 bits per heavy atom. The van der Waals surface area contributed by atoms with Gasteiger partial charge < -0.3 is 0 Å². The van der Waals surface area contributed by atoms with E-state index in [0.29, 0.717) is 0 Å². The predicted molar refractivity (Wildman–Crippen MR) is 199 cm³/mol. The maximum atomic E-state index is 5.22. The zero-order valence-electron chi connectivity index (χ0n) is 27.8. The van der Waals surface area contributed by atoms with Crippen molar-refractivity contribution in [3.63, 3.8) is 0 Å². The van der Waals surface area contributed by atoms with Gasteiger partial charge in [-0.25, -0.2) is 9.97 Å². The van der Waals surface area contributed by atoms with Crippen molar-refractivity contribution in [2.75, 3.05) is 0 Å². The molecular formula is C46H36N2. The average molecular weight is 617 g/mol.